The van der Waals surface area contributed by atoms with Crippen molar-refractivity contribution in [3.63, 3.8) is 0 Å². The summed E-state index contributed by atoms with van der Waals surface area (Å²) in [5.41, 5.74) is 6.42. The molecule has 0 unspecified atom stereocenters. The van der Waals surface area contributed by atoms with E-state index < -0.39 is 11.7 Å². The van der Waals surface area contributed by atoms with Crippen molar-refractivity contribution >= 4 is 46.2 Å². The van der Waals surface area contributed by atoms with Crippen LogP contribution in [0.3, 0.4) is 0 Å². The third-order valence-corrected chi connectivity index (χ3v) is 7.47. The number of hydrogen-bond donors (Lipinski definition) is 1. The minimum absolute atomic E-state index is 0.0605. The molecule has 0 radical (unpaired) electrons. The number of aryl methyl sites for hydroxylation is 1. The quantitative estimate of drug-likeness (QED) is 0.185. The van der Waals surface area contributed by atoms with E-state index in [2.05, 4.69) is 4.98 Å². The van der Waals surface area contributed by atoms with E-state index in [9.17, 15) is 22.8 Å². The van der Waals surface area contributed by atoms with Gasteiger partial charge in [0.05, 0.1) is 5.56 Å². The lowest BCUT2D eigenvalue weighted by molar-refractivity contribution is -0.136. The molecular formula is C31H27ClF3N3O3. The van der Waals surface area contributed by atoms with E-state index in [1.54, 1.807) is 53.4 Å². The minimum Gasteiger partial charge on any atom is -0.460 e. The van der Waals surface area contributed by atoms with Crippen molar-refractivity contribution in [2.75, 3.05) is 18.8 Å². The van der Waals surface area contributed by atoms with Crippen molar-refractivity contribution in [2.45, 2.75) is 37.2 Å². The Hall–Kier alpha value is -4.11. The van der Waals surface area contributed by atoms with E-state index in [-0.39, 0.29) is 46.6 Å². The number of furan rings is 1. The number of piperidine rings is 1. The maximum atomic E-state index is 14.0. The zero-order valence-electron chi connectivity index (χ0n) is 22.0. The van der Waals surface area contributed by atoms with Gasteiger partial charge in [0, 0.05) is 48.5 Å². The van der Waals surface area contributed by atoms with Gasteiger partial charge in [-0.15, -0.1) is 11.6 Å². The van der Waals surface area contributed by atoms with Crippen LogP contribution in [-0.2, 0) is 17.4 Å². The lowest BCUT2D eigenvalue weighted by Gasteiger charge is -2.29. The van der Waals surface area contributed by atoms with E-state index >= 15 is 0 Å². The highest BCUT2D eigenvalue weighted by atomic mass is 35.5. The predicted octanol–water partition coefficient (Wildman–Crippen LogP) is 7.15. The predicted molar refractivity (Wildman–Crippen MR) is 152 cm³/mol. The van der Waals surface area contributed by atoms with Crippen LogP contribution in [0.2, 0.25) is 0 Å². The molecule has 0 saturated carbocycles. The van der Waals surface area contributed by atoms with Crippen LogP contribution in [0.25, 0.3) is 28.2 Å². The summed E-state index contributed by atoms with van der Waals surface area (Å²) >= 11 is 6.13. The summed E-state index contributed by atoms with van der Waals surface area (Å²) in [5.74, 6) is 0.312. The highest BCUT2D eigenvalue weighted by Crippen LogP contribution is 2.39. The number of pyridine rings is 1. The maximum Gasteiger partial charge on any atom is 0.420 e. The van der Waals surface area contributed by atoms with Gasteiger partial charge >= 0.3 is 6.18 Å². The molecule has 0 aliphatic carbocycles. The normalized spacial score (nSPS) is 14.7. The number of carbonyl (C=O) groups excluding carboxylic acids is 2. The third kappa shape index (κ3) is 6.79. The van der Waals surface area contributed by atoms with Gasteiger partial charge in [-0.3, -0.25) is 9.59 Å². The Morgan fingerprint density at radius 2 is 1.78 bits per heavy atom. The molecule has 41 heavy (non-hydrogen) atoms. The number of benzene rings is 2. The van der Waals surface area contributed by atoms with Crippen LogP contribution in [0.15, 0.2) is 71.3 Å². The number of amides is 1. The molecule has 2 aromatic carbocycles. The number of nitrogens with zero attached hydrogens (tertiary/aromatic N) is 2. The van der Waals surface area contributed by atoms with Crippen LogP contribution in [-0.4, -0.2) is 40.0 Å². The topological polar surface area (TPSA) is 89.4 Å². The van der Waals surface area contributed by atoms with Gasteiger partial charge in [-0.25, -0.2) is 4.98 Å². The molecule has 1 fully saturated rings. The molecule has 1 aliphatic rings. The maximum absolute atomic E-state index is 14.0. The number of rotatable bonds is 7. The second-order valence-corrected chi connectivity index (χ2v) is 10.6. The van der Waals surface area contributed by atoms with Crippen LogP contribution in [0, 0.1) is 0 Å². The van der Waals surface area contributed by atoms with Crippen LogP contribution < -0.4 is 5.73 Å². The Kier molecular flexibility index (Phi) is 8.17. The molecule has 3 heterocycles. The van der Waals surface area contributed by atoms with Gasteiger partial charge in [0.25, 0.3) is 5.91 Å². The molecule has 2 N–H and O–H groups in total. The smallest absolute Gasteiger partial charge is 0.420 e. The van der Waals surface area contributed by atoms with E-state index in [1.165, 1.54) is 18.3 Å². The van der Waals surface area contributed by atoms with Gasteiger partial charge in [0.2, 0.25) is 0 Å². The number of halogens is 4. The minimum atomic E-state index is -4.65. The first-order valence-corrected chi connectivity index (χ1v) is 13.6. The molecular weight excluding hydrogens is 555 g/mol. The first-order valence-electron chi connectivity index (χ1n) is 13.2. The molecule has 10 heteroatoms. The molecule has 212 valence electrons. The number of nitrogens with two attached hydrogens (primary N) is 1. The van der Waals surface area contributed by atoms with Crippen LogP contribution in [0.1, 0.15) is 46.5 Å². The first kappa shape index (κ1) is 28.4. The summed E-state index contributed by atoms with van der Waals surface area (Å²) in [6, 6.07) is 14.1. The summed E-state index contributed by atoms with van der Waals surface area (Å²) in [7, 11) is 0. The highest BCUT2D eigenvalue weighted by molar-refractivity contribution is 6.20. The Balaban J connectivity index is 1.34. The zero-order chi connectivity index (χ0) is 29.1. The van der Waals surface area contributed by atoms with E-state index in [0.717, 1.165) is 18.9 Å². The molecule has 1 aliphatic heterocycles. The second-order valence-electron chi connectivity index (χ2n) is 10.0. The average Bonchev–Trinajstić information content (AvgIpc) is 3.38. The molecule has 2 aromatic heterocycles. The van der Waals surface area contributed by atoms with Crippen LogP contribution >= 0.6 is 11.6 Å². The first-order chi connectivity index (χ1) is 19.6. The number of hydrogen-bond acceptors (Lipinski definition) is 5. The van der Waals surface area contributed by atoms with Gasteiger partial charge in [-0.1, -0.05) is 12.1 Å². The monoisotopic (exact) mass is 581 g/mol. The lowest BCUT2D eigenvalue weighted by Crippen LogP contribution is -2.38. The van der Waals surface area contributed by atoms with Crippen molar-refractivity contribution in [3.8, 4) is 11.1 Å². The fraction of sp³-hybridized carbons (Fsp3) is 0.258. The molecule has 0 bridgehead atoms. The highest BCUT2D eigenvalue weighted by Gasteiger charge is 2.35. The molecule has 0 spiro atoms. The van der Waals surface area contributed by atoms with Gasteiger partial charge in [0.1, 0.15) is 17.2 Å². The lowest BCUT2D eigenvalue weighted by atomic mass is 9.99. The van der Waals surface area contributed by atoms with Gasteiger partial charge in [-0.05, 0) is 84.1 Å². The number of nitrogen functional groups attached to an aromatic ring is 1. The number of aromatic nitrogens is 1. The van der Waals surface area contributed by atoms with Crippen molar-refractivity contribution in [2.24, 2.45) is 0 Å². The number of alkyl halides is 4. The summed E-state index contributed by atoms with van der Waals surface area (Å²) < 4.78 is 47.7. The Morgan fingerprint density at radius 1 is 1.05 bits per heavy atom. The SMILES string of the molecule is Nc1ccc(/C=C/C(=O)CCc2cc3cc(-c4ccc(C(=O)N5CCC(Cl)CC5)cc4)cc(C(F)(F)F)c3o2)cn1. The molecule has 1 amide bonds. The third-order valence-electron chi connectivity index (χ3n) is 7.04. The number of allylic oxidation sites excluding steroid dienone is 1. The van der Waals surface area contributed by atoms with Crippen molar-refractivity contribution in [1.82, 2.24) is 9.88 Å². The van der Waals surface area contributed by atoms with Crippen molar-refractivity contribution in [1.29, 1.82) is 0 Å². The van der Waals surface area contributed by atoms with Gasteiger partial charge in [-0.2, -0.15) is 13.2 Å². The summed E-state index contributed by atoms with van der Waals surface area (Å²) in [6.07, 6.45) is 1.53. The van der Waals surface area contributed by atoms with E-state index in [1.807, 2.05) is 0 Å². The van der Waals surface area contributed by atoms with Crippen molar-refractivity contribution < 1.29 is 27.2 Å². The second kappa shape index (κ2) is 11.8. The Bertz CT molecular complexity index is 1590. The van der Waals surface area contributed by atoms with Gasteiger partial charge in [0.15, 0.2) is 5.78 Å². The average molecular weight is 582 g/mol. The number of ketones is 1. The number of anilines is 1. The molecule has 5 rings (SSSR count). The number of carbonyl (C=O) groups is 2. The largest absolute Gasteiger partial charge is 0.460 e. The van der Waals surface area contributed by atoms with Crippen LogP contribution in [0.5, 0.6) is 0 Å². The molecule has 4 aromatic rings. The van der Waals surface area contributed by atoms with Crippen molar-refractivity contribution in [3.05, 3.63) is 89.3 Å². The standard InChI is InChI=1S/C31H27ClF3N3O3/c32-24-11-13-38(14-12-24)30(40)21-5-3-20(4-6-21)22-15-23-16-26(41-29(23)27(17-22)31(33,34)35)9-8-25(39)7-1-19-2-10-28(36)37-18-19/h1-7,10,15-18,24H,8-9,11-14H2,(H2,36,37)/b7-1+. The fourth-order valence-corrected chi connectivity index (χ4v) is 4.98. The number of likely N-dealkylation sites (tertiary alicyclic amines) is 1. The van der Waals surface area contributed by atoms with Crippen LogP contribution in [0.4, 0.5) is 19.0 Å². The Labute approximate surface area is 239 Å². The Morgan fingerprint density at radius 3 is 2.44 bits per heavy atom. The summed E-state index contributed by atoms with van der Waals surface area (Å²) in [6.45, 7) is 1.15. The van der Waals surface area contributed by atoms with E-state index in [0.29, 0.717) is 41.2 Å². The molecule has 6 nitrogen and oxygen atoms in total. The fourth-order valence-electron chi connectivity index (χ4n) is 4.78. The zero-order valence-corrected chi connectivity index (χ0v) is 22.7. The summed E-state index contributed by atoms with van der Waals surface area (Å²) in [5, 5.41) is 0.350. The number of fused-ring (bicyclic) bond motifs is 1. The van der Waals surface area contributed by atoms with E-state index in [4.69, 9.17) is 21.8 Å². The van der Waals surface area contributed by atoms with Gasteiger partial charge < -0.3 is 15.1 Å². The molecule has 1 saturated heterocycles. The molecule has 0 atom stereocenters. The summed E-state index contributed by atoms with van der Waals surface area (Å²) in [4.78, 5) is 30.9.